The number of nitrogens with one attached hydrogen (secondary N) is 1. The first-order valence-corrected chi connectivity index (χ1v) is 12.2. The number of aryl methyl sites for hydroxylation is 4. The first-order valence-electron chi connectivity index (χ1n) is 9.99. The average Bonchev–Trinajstić information content (AvgIpc) is 3.06. The first kappa shape index (κ1) is 23.4. The van der Waals surface area contributed by atoms with Crippen molar-refractivity contribution in [3.8, 4) is 0 Å². The standard InChI is InChI=1S/C21H27N3O5S2/c1-12-10-13(2)18(14(3)11-12)31(27,28)24-8-6-16(7-9-24)19(25)23-21-22-15(4)17(30-21)20(26)29-5/h10-11,16H,6-9H2,1-5H3,(H,22,23,25). The van der Waals surface area contributed by atoms with Gasteiger partial charge in [0.15, 0.2) is 5.13 Å². The van der Waals surface area contributed by atoms with E-state index >= 15 is 0 Å². The lowest BCUT2D eigenvalue weighted by Gasteiger charge is -2.31. The van der Waals surface area contributed by atoms with Gasteiger partial charge >= 0.3 is 5.97 Å². The third-order valence-corrected chi connectivity index (χ3v) is 8.68. The topological polar surface area (TPSA) is 106 Å². The summed E-state index contributed by atoms with van der Waals surface area (Å²) in [5, 5.41) is 3.09. The van der Waals surface area contributed by atoms with Gasteiger partial charge in [-0.05, 0) is 51.7 Å². The number of nitrogens with zero attached hydrogens (tertiary/aromatic N) is 2. The number of rotatable bonds is 5. The van der Waals surface area contributed by atoms with E-state index in [1.807, 2.05) is 32.9 Å². The summed E-state index contributed by atoms with van der Waals surface area (Å²) in [4.78, 5) is 29.3. The molecule has 1 aliphatic heterocycles. The normalized spacial score (nSPS) is 15.6. The third kappa shape index (κ3) is 4.81. The van der Waals surface area contributed by atoms with Crippen molar-refractivity contribution in [2.45, 2.75) is 45.4 Å². The summed E-state index contributed by atoms with van der Waals surface area (Å²) in [5.74, 6) is -1.03. The maximum atomic E-state index is 13.2. The lowest BCUT2D eigenvalue weighted by atomic mass is 9.97. The zero-order valence-electron chi connectivity index (χ0n) is 18.3. The zero-order valence-corrected chi connectivity index (χ0v) is 19.9. The minimum atomic E-state index is -3.62. The van der Waals surface area contributed by atoms with Gasteiger partial charge in [-0.15, -0.1) is 0 Å². The summed E-state index contributed by atoms with van der Waals surface area (Å²) in [7, 11) is -2.33. The van der Waals surface area contributed by atoms with Crippen LogP contribution in [0.15, 0.2) is 17.0 Å². The van der Waals surface area contributed by atoms with Crippen LogP contribution in [0.4, 0.5) is 5.13 Å². The molecule has 10 heteroatoms. The maximum absolute atomic E-state index is 13.2. The molecular weight excluding hydrogens is 438 g/mol. The van der Waals surface area contributed by atoms with E-state index in [1.54, 1.807) is 6.92 Å². The van der Waals surface area contributed by atoms with Crippen LogP contribution in [0, 0.1) is 33.6 Å². The van der Waals surface area contributed by atoms with Gasteiger partial charge in [-0.1, -0.05) is 29.0 Å². The molecule has 8 nitrogen and oxygen atoms in total. The highest BCUT2D eigenvalue weighted by molar-refractivity contribution is 7.89. The van der Waals surface area contributed by atoms with Crippen LogP contribution in [0.1, 0.15) is 44.9 Å². The molecule has 3 rings (SSSR count). The Hall–Kier alpha value is -2.30. The summed E-state index contributed by atoms with van der Waals surface area (Å²) in [6.07, 6.45) is 0.840. The minimum absolute atomic E-state index is 0.218. The molecule has 1 N–H and O–H groups in total. The Morgan fingerprint density at radius 2 is 1.71 bits per heavy atom. The van der Waals surface area contributed by atoms with Crippen molar-refractivity contribution in [2.75, 3.05) is 25.5 Å². The predicted molar refractivity (Wildman–Crippen MR) is 119 cm³/mol. The van der Waals surface area contributed by atoms with Crippen molar-refractivity contribution in [1.82, 2.24) is 9.29 Å². The van der Waals surface area contributed by atoms with Gasteiger partial charge in [-0.3, -0.25) is 4.79 Å². The second-order valence-corrected chi connectivity index (χ2v) is 10.7. The van der Waals surface area contributed by atoms with E-state index in [4.69, 9.17) is 4.74 Å². The van der Waals surface area contributed by atoms with Gasteiger partial charge < -0.3 is 10.1 Å². The molecule has 1 aromatic heterocycles. The number of ether oxygens (including phenoxy) is 1. The van der Waals surface area contributed by atoms with E-state index in [-0.39, 0.29) is 24.9 Å². The fourth-order valence-electron chi connectivity index (χ4n) is 4.00. The van der Waals surface area contributed by atoms with Crippen molar-refractivity contribution in [2.24, 2.45) is 5.92 Å². The highest BCUT2D eigenvalue weighted by Crippen LogP contribution is 2.30. The van der Waals surface area contributed by atoms with Gasteiger partial charge in [0.2, 0.25) is 15.9 Å². The number of aromatic nitrogens is 1. The molecule has 1 fully saturated rings. The molecule has 2 heterocycles. The number of thiazole rings is 1. The molecule has 1 saturated heterocycles. The molecule has 0 spiro atoms. The second kappa shape index (κ2) is 9.05. The fraction of sp³-hybridized carbons (Fsp3) is 0.476. The van der Waals surface area contributed by atoms with Crippen molar-refractivity contribution in [3.05, 3.63) is 39.4 Å². The van der Waals surface area contributed by atoms with Gasteiger partial charge in [0.25, 0.3) is 0 Å². The van der Waals surface area contributed by atoms with Crippen LogP contribution in [-0.4, -0.2) is 49.8 Å². The van der Waals surface area contributed by atoms with Gasteiger partial charge in [0, 0.05) is 19.0 Å². The summed E-state index contributed by atoms with van der Waals surface area (Å²) in [6.45, 7) is 7.79. The van der Waals surface area contributed by atoms with Crippen LogP contribution in [0.2, 0.25) is 0 Å². The zero-order chi connectivity index (χ0) is 22.9. The van der Waals surface area contributed by atoms with E-state index in [0.717, 1.165) is 28.0 Å². The van der Waals surface area contributed by atoms with Crippen molar-refractivity contribution in [1.29, 1.82) is 0 Å². The molecule has 0 unspecified atom stereocenters. The lowest BCUT2D eigenvalue weighted by molar-refractivity contribution is -0.120. The Morgan fingerprint density at radius 3 is 2.26 bits per heavy atom. The quantitative estimate of drug-likeness (QED) is 0.680. The number of hydrogen-bond donors (Lipinski definition) is 1. The minimum Gasteiger partial charge on any atom is -0.465 e. The van der Waals surface area contributed by atoms with Gasteiger partial charge in [0.05, 0.1) is 17.7 Å². The Kier molecular flexibility index (Phi) is 6.82. The average molecular weight is 466 g/mol. The Labute approximate surface area is 186 Å². The van der Waals surface area contributed by atoms with E-state index in [2.05, 4.69) is 10.3 Å². The fourth-order valence-corrected chi connectivity index (χ4v) is 6.77. The molecule has 0 radical (unpaired) electrons. The first-order chi connectivity index (χ1) is 14.5. The van der Waals surface area contributed by atoms with Crippen LogP contribution >= 0.6 is 11.3 Å². The maximum Gasteiger partial charge on any atom is 0.350 e. The number of piperidine rings is 1. The Balaban J connectivity index is 1.67. The molecule has 0 saturated carbocycles. The Morgan fingerprint density at radius 1 is 1.13 bits per heavy atom. The number of amides is 1. The third-order valence-electron chi connectivity index (χ3n) is 5.42. The van der Waals surface area contributed by atoms with E-state index in [9.17, 15) is 18.0 Å². The highest BCUT2D eigenvalue weighted by Gasteiger charge is 2.34. The number of hydrogen-bond acceptors (Lipinski definition) is 7. The van der Waals surface area contributed by atoms with Gasteiger partial charge in [-0.2, -0.15) is 4.31 Å². The molecular formula is C21H27N3O5S2. The Bertz CT molecular complexity index is 1090. The number of esters is 1. The lowest BCUT2D eigenvalue weighted by Crippen LogP contribution is -2.41. The molecule has 1 aromatic carbocycles. The number of anilines is 1. The van der Waals surface area contributed by atoms with Crippen LogP contribution in [0.25, 0.3) is 0 Å². The van der Waals surface area contributed by atoms with Crippen LogP contribution in [-0.2, 0) is 19.6 Å². The number of carbonyl (C=O) groups is 2. The van der Waals surface area contributed by atoms with Crippen molar-refractivity contribution < 1.29 is 22.7 Å². The largest absolute Gasteiger partial charge is 0.465 e. The van der Waals surface area contributed by atoms with E-state index < -0.39 is 16.0 Å². The van der Waals surface area contributed by atoms with Crippen LogP contribution in [0.3, 0.4) is 0 Å². The summed E-state index contributed by atoms with van der Waals surface area (Å²) in [5.41, 5.74) is 2.99. The summed E-state index contributed by atoms with van der Waals surface area (Å²) >= 11 is 1.07. The molecule has 0 aliphatic carbocycles. The molecule has 1 aliphatic rings. The van der Waals surface area contributed by atoms with Crippen molar-refractivity contribution in [3.63, 3.8) is 0 Å². The van der Waals surface area contributed by atoms with E-state index in [1.165, 1.54) is 11.4 Å². The molecule has 31 heavy (non-hydrogen) atoms. The second-order valence-electron chi connectivity index (χ2n) is 7.82. The number of sulfonamides is 1. The van der Waals surface area contributed by atoms with Crippen LogP contribution in [0.5, 0.6) is 0 Å². The molecule has 2 aromatic rings. The van der Waals surface area contributed by atoms with Crippen molar-refractivity contribution >= 4 is 38.4 Å². The summed E-state index contributed by atoms with van der Waals surface area (Å²) < 4.78 is 32.6. The monoisotopic (exact) mass is 465 g/mol. The summed E-state index contributed by atoms with van der Waals surface area (Å²) in [6, 6.07) is 3.75. The molecule has 0 bridgehead atoms. The van der Waals surface area contributed by atoms with E-state index in [0.29, 0.717) is 33.4 Å². The molecule has 0 atom stereocenters. The molecule has 1 amide bonds. The number of carbonyl (C=O) groups excluding carboxylic acids is 2. The SMILES string of the molecule is COC(=O)c1sc(NC(=O)C2CCN(S(=O)(=O)c3c(C)cc(C)cc3C)CC2)nc1C. The molecule has 168 valence electrons. The highest BCUT2D eigenvalue weighted by atomic mass is 32.2. The van der Waals surface area contributed by atoms with Gasteiger partial charge in [0.1, 0.15) is 4.88 Å². The predicted octanol–water partition coefficient (Wildman–Crippen LogP) is 3.20. The smallest absolute Gasteiger partial charge is 0.350 e. The van der Waals surface area contributed by atoms with Gasteiger partial charge in [-0.25, -0.2) is 18.2 Å². The van der Waals surface area contributed by atoms with Crippen LogP contribution < -0.4 is 5.32 Å². The number of methoxy groups -OCH3 is 1. The number of benzene rings is 1.